The molecule has 0 amide bonds. The van der Waals surface area contributed by atoms with E-state index < -0.39 is 0 Å². The molecule has 1 aromatic heterocycles. The summed E-state index contributed by atoms with van der Waals surface area (Å²) in [6.45, 7) is 4.55. The number of aromatic nitrogens is 1. The zero-order valence-corrected chi connectivity index (χ0v) is 10.1. The topological polar surface area (TPSA) is 49.5 Å². The largest absolute Gasteiger partial charge is 0.439 e. The maximum atomic E-state index is 8.99. The molecule has 0 saturated heterocycles. The summed E-state index contributed by atoms with van der Waals surface area (Å²) in [4.78, 5) is 6.57. The summed E-state index contributed by atoms with van der Waals surface area (Å²) >= 11 is 0. The van der Waals surface area contributed by atoms with Crippen LogP contribution >= 0.6 is 0 Å². The highest BCUT2D eigenvalue weighted by Crippen LogP contribution is 2.15. The molecule has 4 nitrogen and oxygen atoms in total. The Labute approximate surface area is 101 Å². The van der Waals surface area contributed by atoms with Crippen LogP contribution in [0.1, 0.15) is 19.2 Å². The number of aliphatic hydroxyl groups is 1. The average Bonchev–Trinajstić information content (AvgIpc) is 2.71. The molecular weight excluding hydrogens is 216 g/mol. The maximum Gasteiger partial charge on any atom is 0.209 e. The van der Waals surface area contributed by atoms with Gasteiger partial charge in [0.2, 0.25) is 5.89 Å². The van der Waals surface area contributed by atoms with Gasteiger partial charge in [-0.2, -0.15) is 0 Å². The molecule has 0 aliphatic rings. The van der Waals surface area contributed by atoms with Gasteiger partial charge in [0.05, 0.1) is 13.2 Å². The van der Waals surface area contributed by atoms with Crippen molar-refractivity contribution in [2.45, 2.75) is 19.9 Å². The molecule has 0 unspecified atom stereocenters. The lowest BCUT2D eigenvalue weighted by Crippen LogP contribution is -2.27. The van der Waals surface area contributed by atoms with Crippen LogP contribution in [0.5, 0.6) is 0 Å². The van der Waals surface area contributed by atoms with Gasteiger partial charge in [-0.05, 0) is 25.1 Å². The third-order valence-corrected chi connectivity index (χ3v) is 2.65. The van der Waals surface area contributed by atoms with E-state index in [-0.39, 0.29) is 6.61 Å². The van der Waals surface area contributed by atoms with E-state index in [0.29, 0.717) is 19.0 Å². The van der Waals surface area contributed by atoms with E-state index in [1.165, 1.54) is 0 Å². The van der Waals surface area contributed by atoms with Crippen molar-refractivity contribution in [2.75, 3.05) is 19.7 Å². The monoisotopic (exact) mass is 234 g/mol. The molecule has 2 rings (SSSR count). The molecular formula is C13H18N2O2. The van der Waals surface area contributed by atoms with Crippen LogP contribution in [-0.4, -0.2) is 34.7 Å². The lowest BCUT2D eigenvalue weighted by Gasteiger charge is -2.17. The molecule has 0 aliphatic heterocycles. The molecule has 4 heteroatoms. The van der Waals surface area contributed by atoms with Crippen molar-refractivity contribution in [3.8, 4) is 0 Å². The van der Waals surface area contributed by atoms with Gasteiger partial charge in [0.15, 0.2) is 5.58 Å². The minimum atomic E-state index is 0.167. The summed E-state index contributed by atoms with van der Waals surface area (Å²) in [5, 5.41) is 8.99. The molecule has 1 N–H and O–H groups in total. The van der Waals surface area contributed by atoms with Gasteiger partial charge in [0.1, 0.15) is 5.52 Å². The second-order valence-corrected chi connectivity index (χ2v) is 4.08. The molecule has 17 heavy (non-hydrogen) atoms. The van der Waals surface area contributed by atoms with E-state index in [4.69, 9.17) is 9.52 Å². The van der Waals surface area contributed by atoms with Crippen molar-refractivity contribution in [2.24, 2.45) is 0 Å². The molecule has 1 heterocycles. The summed E-state index contributed by atoms with van der Waals surface area (Å²) in [5.74, 6) is 0.716. The van der Waals surface area contributed by atoms with Crippen LogP contribution in [0.4, 0.5) is 0 Å². The number of oxazole rings is 1. The van der Waals surface area contributed by atoms with Crippen LogP contribution in [0.15, 0.2) is 28.7 Å². The summed E-state index contributed by atoms with van der Waals surface area (Å²) < 4.78 is 5.66. The van der Waals surface area contributed by atoms with Crippen molar-refractivity contribution in [3.05, 3.63) is 30.2 Å². The first kappa shape index (κ1) is 12.1. The summed E-state index contributed by atoms with van der Waals surface area (Å²) in [6.07, 6.45) is 1.06. The van der Waals surface area contributed by atoms with Crippen molar-refractivity contribution in [1.29, 1.82) is 0 Å². The minimum Gasteiger partial charge on any atom is -0.439 e. The van der Waals surface area contributed by atoms with Gasteiger partial charge in [-0.3, -0.25) is 4.90 Å². The third-order valence-electron chi connectivity index (χ3n) is 2.65. The molecule has 1 aromatic carbocycles. The van der Waals surface area contributed by atoms with Crippen molar-refractivity contribution < 1.29 is 9.52 Å². The Morgan fingerprint density at radius 2 is 2.12 bits per heavy atom. The molecule has 0 bridgehead atoms. The van der Waals surface area contributed by atoms with Crippen LogP contribution in [0.2, 0.25) is 0 Å². The van der Waals surface area contributed by atoms with Crippen molar-refractivity contribution >= 4 is 11.1 Å². The first-order chi connectivity index (χ1) is 8.33. The molecule has 92 valence electrons. The van der Waals surface area contributed by atoms with Gasteiger partial charge in [0.25, 0.3) is 0 Å². The number of benzene rings is 1. The SMILES string of the molecule is CCCN(CCO)Cc1nc2ccccc2o1. The van der Waals surface area contributed by atoms with Gasteiger partial charge in [0, 0.05) is 6.54 Å². The Morgan fingerprint density at radius 1 is 1.29 bits per heavy atom. The van der Waals surface area contributed by atoms with Crippen LogP contribution in [0.25, 0.3) is 11.1 Å². The van der Waals surface area contributed by atoms with Gasteiger partial charge in [-0.1, -0.05) is 19.1 Å². The quantitative estimate of drug-likeness (QED) is 0.831. The van der Waals surface area contributed by atoms with E-state index in [2.05, 4.69) is 16.8 Å². The number of para-hydroxylation sites is 2. The Hall–Kier alpha value is -1.39. The molecule has 0 aliphatic carbocycles. The van der Waals surface area contributed by atoms with E-state index in [9.17, 15) is 0 Å². The fourth-order valence-electron chi connectivity index (χ4n) is 1.91. The molecule has 0 saturated carbocycles. The number of nitrogens with zero attached hydrogens (tertiary/aromatic N) is 2. The molecule has 0 fully saturated rings. The van der Waals surface area contributed by atoms with Crippen LogP contribution in [0.3, 0.4) is 0 Å². The first-order valence-corrected chi connectivity index (χ1v) is 6.01. The zero-order valence-electron chi connectivity index (χ0n) is 10.1. The van der Waals surface area contributed by atoms with Gasteiger partial charge in [-0.15, -0.1) is 0 Å². The smallest absolute Gasteiger partial charge is 0.209 e. The Morgan fingerprint density at radius 3 is 2.82 bits per heavy atom. The normalized spacial score (nSPS) is 11.5. The van der Waals surface area contributed by atoms with E-state index in [1.807, 2.05) is 24.3 Å². The number of fused-ring (bicyclic) bond motifs is 1. The fourth-order valence-corrected chi connectivity index (χ4v) is 1.91. The maximum absolute atomic E-state index is 8.99. The zero-order chi connectivity index (χ0) is 12.1. The molecule has 0 atom stereocenters. The van der Waals surface area contributed by atoms with Gasteiger partial charge in [-0.25, -0.2) is 4.98 Å². The Bertz CT molecular complexity index is 428. The van der Waals surface area contributed by atoms with E-state index in [0.717, 1.165) is 24.1 Å². The first-order valence-electron chi connectivity index (χ1n) is 6.01. The molecule has 0 spiro atoms. The highest BCUT2D eigenvalue weighted by Gasteiger charge is 2.10. The number of aliphatic hydroxyl groups excluding tert-OH is 1. The van der Waals surface area contributed by atoms with Crippen molar-refractivity contribution in [3.63, 3.8) is 0 Å². The van der Waals surface area contributed by atoms with Gasteiger partial charge >= 0.3 is 0 Å². The fraction of sp³-hybridized carbons (Fsp3) is 0.462. The molecule has 0 radical (unpaired) electrons. The lowest BCUT2D eigenvalue weighted by molar-refractivity contribution is 0.179. The Balaban J connectivity index is 2.10. The predicted molar refractivity (Wildman–Crippen MR) is 66.7 cm³/mol. The lowest BCUT2D eigenvalue weighted by atomic mass is 10.3. The highest BCUT2D eigenvalue weighted by atomic mass is 16.3. The van der Waals surface area contributed by atoms with E-state index >= 15 is 0 Å². The number of rotatable bonds is 6. The number of hydrogen-bond acceptors (Lipinski definition) is 4. The highest BCUT2D eigenvalue weighted by molar-refractivity contribution is 5.72. The summed E-state index contributed by atoms with van der Waals surface area (Å²) in [7, 11) is 0. The summed E-state index contributed by atoms with van der Waals surface area (Å²) in [6, 6.07) is 7.75. The van der Waals surface area contributed by atoms with Crippen molar-refractivity contribution in [1.82, 2.24) is 9.88 Å². The predicted octanol–water partition coefficient (Wildman–Crippen LogP) is 2.03. The van der Waals surface area contributed by atoms with E-state index in [1.54, 1.807) is 0 Å². The second-order valence-electron chi connectivity index (χ2n) is 4.08. The van der Waals surface area contributed by atoms with Crippen LogP contribution in [0, 0.1) is 0 Å². The number of hydrogen-bond donors (Lipinski definition) is 1. The second kappa shape index (κ2) is 5.80. The standard InChI is InChI=1S/C13H18N2O2/c1-2-7-15(8-9-16)10-13-14-11-5-3-4-6-12(11)17-13/h3-6,16H,2,7-10H2,1H3. The summed E-state index contributed by atoms with van der Waals surface area (Å²) in [5.41, 5.74) is 1.71. The Kier molecular flexibility index (Phi) is 4.12. The third kappa shape index (κ3) is 3.05. The van der Waals surface area contributed by atoms with Gasteiger partial charge < -0.3 is 9.52 Å². The molecule has 2 aromatic rings. The van der Waals surface area contributed by atoms with Crippen LogP contribution < -0.4 is 0 Å². The average molecular weight is 234 g/mol. The van der Waals surface area contributed by atoms with Crippen LogP contribution in [-0.2, 0) is 6.54 Å². The minimum absolute atomic E-state index is 0.167.